The number of aliphatic hydroxyl groups is 1. The van der Waals surface area contributed by atoms with Crippen LogP contribution in [-0.2, 0) is 4.79 Å². The number of nitrogens with one attached hydrogen (secondary N) is 2. The van der Waals surface area contributed by atoms with Crippen LogP contribution >= 0.6 is 0 Å². The first kappa shape index (κ1) is 19.0. The summed E-state index contributed by atoms with van der Waals surface area (Å²) in [5.74, 6) is -1.03. The van der Waals surface area contributed by atoms with Crippen LogP contribution in [0.3, 0.4) is 0 Å². The minimum Gasteiger partial charge on any atom is -0.387 e. The number of aliphatic hydroxyl groups excluding tert-OH is 1. The monoisotopic (exact) mass is 348 g/mol. The van der Waals surface area contributed by atoms with Crippen molar-refractivity contribution < 1.29 is 18.7 Å². The van der Waals surface area contributed by atoms with Gasteiger partial charge in [0.05, 0.1) is 6.10 Å². The summed E-state index contributed by atoms with van der Waals surface area (Å²) in [6.07, 6.45) is -0.661. The molecule has 0 saturated carbocycles. The van der Waals surface area contributed by atoms with Crippen molar-refractivity contribution in [2.24, 2.45) is 0 Å². The summed E-state index contributed by atoms with van der Waals surface area (Å²) in [5.41, 5.74) is 0.995. The Morgan fingerprint density at radius 3 is 2.40 bits per heavy atom. The van der Waals surface area contributed by atoms with E-state index >= 15 is 0 Å². The van der Waals surface area contributed by atoms with Crippen LogP contribution in [0.4, 0.5) is 14.5 Å². The molecular weight excluding hydrogens is 326 g/mol. The highest BCUT2D eigenvalue weighted by Crippen LogP contribution is 2.18. The Labute approximate surface area is 145 Å². The second kappa shape index (κ2) is 8.69. The van der Waals surface area contributed by atoms with E-state index in [0.717, 1.165) is 0 Å². The molecule has 0 radical (unpaired) electrons. The first-order chi connectivity index (χ1) is 11.8. The van der Waals surface area contributed by atoms with Crippen LogP contribution in [0.2, 0.25) is 0 Å². The SMILES string of the molecule is CC(CC(=O)Nc1cccc(F)c1)NC(C)C(O)c1ccc(F)cc1. The van der Waals surface area contributed by atoms with Gasteiger partial charge in [-0.15, -0.1) is 0 Å². The van der Waals surface area contributed by atoms with E-state index < -0.39 is 11.9 Å². The topological polar surface area (TPSA) is 61.4 Å². The summed E-state index contributed by atoms with van der Waals surface area (Å²) in [6.45, 7) is 3.61. The molecule has 0 aliphatic carbocycles. The van der Waals surface area contributed by atoms with Crippen molar-refractivity contribution in [2.45, 2.75) is 38.5 Å². The van der Waals surface area contributed by atoms with E-state index in [4.69, 9.17) is 0 Å². The van der Waals surface area contributed by atoms with E-state index in [2.05, 4.69) is 10.6 Å². The maximum atomic E-state index is 13.1. The summed E-state index contributed by atoms with van der Waals surface area (Å²) in [5, 5.41) is 16.1. The van der Waals surface area contributed by atoms with Crippen LogP contribution in [-0.4, -0.2) is 23.1 Å². The van der Waals surface area contributed by atoms with Crippen LogP contribution in [0.1, 0.15) is 31.9 Å². The normalized spacial score (nSPS) is 14.6. The largest absolute Gasteiger partial charge is 0.387 e. The van der Waals surface area contributed by atoms with E-state index in [9.17, 15) is 18.7 Å². The lowest BCUT2D eigenvalue weighted by Gasteiger charge is -2.24. The third-order valence-electron chi connectivity index (χ3n) is 3.83. The molecule has 0 aliphatic heterocycles. The highest BCUT2D eigenvalue weighted by atomic mass is 19.1. The number of carbonyl (C=O) groups excluding carboxylic acids is 1. The quantitative estimate of drug-likeness (QED) is 0.719. The van der Waals surface area contributed by atoms with E-state index in [1.807, 2.05) is 6.92 Å². The number of halogens is 2. The molecule has 3 unspecified atom stereocenters. The minimum absolute atomic E-state index is 0.164. The van der Waals surface area contributed by atoms with Crippen molar-refractivity contribution in [2.75, 3.05) is 5.32 Å². The van der Waals surface area contributed by atoms with Gasteiger partial charge in [-0.2, -0.15) is 0 Å². The Kier molecular flexibility index (Phi) is 6.61. The van der Waals surface area contributed by atoms with E-state index in [1.54, 1.807) is 13.0 Å². The molecule has 0 spiro atoms. The molecule has 6 heteroatoms. The third-order valence-corrected chi connectivity index (χ3v) is 3.83. The summed E-state index contributed by atoms with van der Waals surface area (Å²) >= 11 is 0. The predicted molar refractivity (Wildman–Crippen MR) is 93.1 cm³/mol. The lowest BCUT2D eigenvalue weighted by Crippen LogP contribution is -2.40. The summed E-state index contributed by atoms with van der Waals surface area (Å²) in [7, 11) is 0. The zero-order chi connectivity index (χ0) is 18.4. The van der Waals surface area contributed by atoms with Crippen molar-refractivity contribution >= 4 is 11.6 Å². The lowest BCUT2D eigenvalue weighted by molar-refractivity contribution is -0.116. The van der Waals surface area contributed by atoms with Gasteiger partial charge in [0.1, 0.15) is 11.6 Å². The number of rotatable bonds is 7. The highest BCUT2D eigenvalue weighted by Gasteiger charge is 2.19. The van der Waals surface area contributed by atoms with Gasteiger partial charge in [0, 0.05) is 24.2 Å². The molecule has 2 aromatic carbocycles. The van der Waals surface area contributed by atoms with Crippen molar-refractivity contribution in [1.82, 2.24) is 5.32 Å². The molecule has 4 nitrogen and oxygen atoms in total. The second-order valence-corrected chi connectivity index (χ2v) is 6.12. The maximum absolute atomic E-state index is 13.1. The van der Waals surface area contributed by atoms with Crippen molar-refractivity contribution in [3.8, 4) is 0 Å². The van der Waals surface area contributed by atoms with Crippen LogP contribution in [0, 0.1) is 11.6 Å². The van der Waals surface area contributed by atoms with Crippen molar-refractivity contribution in [3.63, 3.8) is 0 Å². The summed E-state index contributed by atoms with van der Waals surface area (Å²) in [6, 6.07) is 10.8. The molecule has 2 aromatic rings. The van der Waals surface area contributed by atoms with E-state index in [-0.39, 0.29) is 30.2 Å². The molecule has 2 rings (SSSR count). The molecule has 25 heavy (non-hydrogen) atoms. The Hall–Kier alpha value is -2.31. The summed E-state index contributed by atoms with van der Waals surface area (Å²) in [4.78, 5) is 12.0. The lowest BCUT2D eigenvalue weighted by atomic mass is 10.0. The molecular formula is C19H22F2N2O2. The van der Waals surface area contributed by atoms with Gasteiger partial charge < -0.3 is 15.7 Å². The Morgan fingerprint density at radius 1 is 1.08 bits per heavy atom. The van der Waals surface area contributed by atoms with Gasteiger partial charge in [-0.05, 0) is 49.7 Å². The van der Waals surface area contributed by atoms with Crippen molar-refractivity contribution in [1.29, 1.82) is 0 Å². The number of hydrogen-bond acceptors (Lipinski definition) is 3. The standard InChI is InChI=1S/C19H22F2N2O2/c1-12(10-18(24)23-17-5-3-4-16(21)11-17)22-13(2)19(25)14-6-8-15(20)9-7-14/h3-9,11-13,19,22,25H,10H2,1-2H3,(H,23,24). The highest BCUT2D eigenvalue weighted by molar-refractivity contribution is 5.91. The first-order valence-corrected chi connectivity index (χ1v) is 8.10. The summed E-state index contributed by atoms with van der Waals surface area (Å²) < 4.78 is 26.1. The zero-order valence-corrected chi connectivity index (χ0v) is 14.2. The van der Waals surface area contributed by atoms with Gasteiger partial charge in [-0.25, -0.2) is 8.78 Å². The van der Waals surface area contributed by atoms with Gasteiger partial charge in [-0.1, -0.05) is 18.2 Å². The smallest absolute Gasteiger partial charge is 0.225 e. The van der Waals surface area contributed by atoms with E-state index in [0.29, 0.717) is 11.3 Å². The molecule has 0 saturated heterocycles. The van der Waals surface area contributed by atoms with Crippen LogP contribution in [0.25, 0.3) is 0 Å². The number of benzene rings is 2. The number of anilines is 1. The molecule has 0 aromatic heterocycles. The average Bonchev–Trinajstić information content (AvgIpc) is 2.54. The molecule has 0 heterocycles. The van der Waals surface area contributed by atoms with Gasteiger partial charge in [0.2, 0.25) is 5.91 Å². The van der Waals surface area contributed by atoms with E-state index in [1.165, 1.54) is 42.5 Å². The zero-order valence-electron chi connectivity index (χ0n) is 14.2. The number of hydrogen-bond donors (Lipinski definition) is 3. The van der Waals surface area contributed by atoms with Gasteiger partial charge in [0.15, 0.2) is 0 Å². The van der Waals surface area contributed by atoms with Gasteiger partial charge >= 0.3 is 0 Å². The average molecular weight is 348 g/mol. The molecule has 1 amide bonds. The molecule has 0 bridgehead atoms. The number of amides is 1. The maximum Gasteiger partial charge on any atom is 0.225 e. The van der Waals surface area contributed by atoms with Gasteiger partial charge in [-0.3, -0.25) is 4.79 Å². The molecule has 3 N–H and O–H groups in total. The molecule has 3 atom stereocenters. The fourth-order valence-corrected chi connectivity index (χ4v) is 2.60. The Bertz CT molecular complexity index is 707. The van der Waals surface area contributed by atoms with Crippen molar-refractivity contribution in [3.05, 3.63) is 65.7 Å². The Balaban J connectivity index is 1.85. The molecule has 134 valence electrons. The van der Waals surface area contributed by atoms with Crippen LogP contribution in [0.5, 0.6) is 0 Å². The second-order valence-electron chi connectivity index (χ2n) is 6.12. The van der Waals surface area contributed by atoms with Gasteiger partial charge in [0.25, 0.3) is 0 Å². The molecule has 0 aliphatic rings. The fourth-order valence-electron chi connectivity index (χ4n) is 2.60. The fraction of sp³-hybridized carbons (Fsp3) is 0.316. The molecule has 0 fully saturated rings. The number of carbonyl (C=O) groups is 1. The Morgan fingerprint density at radius 2 is 1.76 bits per heavy atom. The predicted octanol–water partition coefficient (Wildman–Crippen LogP) is 3.39. The minimum atomic E-state index is -0.825. The first-order valence-electron chi connectivity index (χ1n) is 8.10. The van der Waals surface area contributed by atoms with Crippen LogP contribution < -0.4 is 10.6 Å². The van der Waals surface area contributed by atoms with Crippen LogP contribution in [0.15, 0.2) is 48.5 Å². The third kappa shape index (κ3) is 5.92.